The molecule has 24 heavy (non-hydrogen) atoms. The molecule has 4 heteroatoms. The van der Waals surface area contributed by atoms with E-state index in [0.717, 1.165) is 11.1 Å². The predicted molar refractivity (Wildman–Crippen MR) is 96.8 cm³/mol. The zero-order chi connectivity index (χ0) is 17.5. The number of carbonyl (C=O) groups is 2. The standard InChI is InChI=1S/C20H24N2O2/c1-14(2)16-8-10-18(11-9-16)22-20(24)12-19(23)21-13-17-7-5-4-6-15(17)3/h4-11,14H,12-13H2,1-3H3,(H,21,23)(H,22,24). The van der Waals surface area contributed by atoms with Gasteiger partial charge in [0.1, 0.15) is 6.42 Å². The first-order valence-electron chi connectivity index (χ1n) is 8.16. The molecule has 0 aliphatic carbocycles. The van der Waals surface area contributed by atoms with Crippen molar-refractivity contribution in [2.24, 2.45) is 0 Å². The molecule has 2 amide bonds. The van der Waals surface area contributed by atoms with E-state index in [9.17, 15) is 9.59 Å². The molecule has 2 N–H and O–H groups in total. The normalized spacial score (nSPS) is 10.5. The highest BCUT2D eigenvalue weighted by Crippen LogP contribution is 2.17. The molecule has 0 atom stereocenters. The molecule has 126 valence electrons. The number of nitrogens with one attached hydrogen (secondary N) is 2. The highest BCUT2D eigenvalue weighted by atomic mass is 16.2. The van der Waals surface area contributed by atoms with Crippen molar-refractivity contribution in [1.29, 1.82) is 0 Å². The van der Waals surface area contributed by atoms with Crippen LogP contribution in [0.2, 0.25) is 0 Å². The van der Waals surface area contributed by atoms with Gasteiger partial charge in [0.2, 0.25) is 11.8 Å². The molecular formula is C20H24N2O2. The minimum atomic E-state index is -0.311. The average Bonchev–Trinajstić information content (AvgIpc) is 2.54. The van der Waals surface area contributed by atoms with Crippen molar-refractivity contribution < 1.29 is 9.59 Å². The van der Waals surface area contributed by atoms with Gasteiger partial charge in [0, 0.05) is 12.2 Å². The van der Waals surface area contributed by atoms with Crippen LogP contribution >= 0.6 is 0 Å². The lowest BCUT2D eigenvalue weighted by Gasteiger charge is -2.09. The quantitative estimate of drug-likeness (QED) is 0.795. The molecule has 0 unspecified atom stereocenters. The number of anilines is 1. The number of amides is 2. The summed E-state index contributed by atoms with van der Waals surface area (Å²) in [6.45, 7) is 6.66. The van der Waals surface area contributed by atoms with Gasteiger partial charge in [-0.05, 0) is 41.7 Å². The van der Waals surface area contributed by atoms with Gasteiger partial charge in [-0.1, -0.05) is 50.2 Å². The van der Waals surface area contributed by atoms with Crippen molar-refractivity contribution in [3.8, 4) is 0 Å². The topological polar surface area (TPSA) is 58.2 Å². The molecule has 0 saturated carbocycles. The first-order valence-corrected chi connectivity index (χ1v) is 8.16. The van der Waals surface area contributed by atoms with E-state index in [4.69, 9.17) is 0 Å². The lowest BCUT2D eigenvalue weighted by molar-refractivity contribution is -0.126. The predicted octanol–water partition coefficient (Wildman–Crippen LogP) is 3.76. The Kier molecular flexibility index (Phi) is 6.13. The molecule has 2 aromatic rings. The summed E-state index contributed by atoms with van der Waals surface area (Å²) in [6, 6.07) is 15.5. The highest BCUT2D eigenvalue weighted by Gasteiger charge is 2.10. The van der Waals surface area contributed by atoms with E-state index in [2.05, 4.69) is 24.5 Å². The lowest BCUT2D eigenvalue weighted by atomic mass is 10.0. The van der Waals surface area contributed by atoms with Crippen molar-refractivity contribution in [3.63, 3.8) is 0 Å². The molecule has 2 rings (SSSR count). The van der Waals surface area contributed by atoms with Gasteiger partial charge in [-0.15, -0.1) is 0 Å². The molecule has 0 spiro atoms. The van der Waals surface area contributed by atoms with Crippen LogP contribution in [0.4, 0.5) is 5.69 Å². The molecule has 0 bridgehead atoms. The summed E-state index contributed by atoms with van der Waals surface area (Å²) >= 11 is 0. The summed E-state index contributed by atoms with van der Waals surface area (Å²) in [6.07, 6.45) is -0.183. The van der Waals surface area contributed by atoms with Crippen LogP contribution in [0.15, 0.2) is 48.5 Å². The van der Waals surface area contributed by atoms with Crippen LogP contribution in [0, 0.1) is 6.92 Å². The fraction of sp³-hybridized carbons (Fsp3) is 0.300. The number of hydrogen-bond donors (Lipinski definition) is 2. The smallest absolute Gasteiger partial charge is 0.233 e. The molecule has 0 radical (unpaired) electrons. The number of benzene rings is 2. The van der Waals surface area contributed by atoms with Gasteiger partial charge < -0.3 is 10.6 Å². The first kappa shape index (κ1) is 17.7. The van der Waals surface area contributed by atoms with Crippen LogP contribution < -0.4 is 10.6 Å². The van der Waals surface area contributed by atoms with E-state index in [1.807, 2.05) is 55.5 Å². The first-order chi connectivity index (χ1) is 11.5. The molecule has 4 nitrogen and oxygen atoms in total. The van der Waals surface area contributed by atoms with Gasteiger partial charge in [0.15, 0.2) is 0 Å². The molecule has 0 aliphatic heterocycles. The van der Waals surface area contributed by atoms with Crippen molar-refractivity contribution in [3.05, 3.63) is 65.2 Å². The van der Waals surface area contributed by atoms with Crippen molar-refractivity contribution in [2.45, 2.75) is 39.7 Å². The molecule has 0 aliphatic rings. The van der Waals surface area contributed by atoms with Crippen LogP contribution in [0.1, 0.15) is 42.9 Å². The third kappa shape index (κ3) is 5.23. The molecule has 0 fully saturated rings. The Morgan fingerprint density at radius 1 is 0.958 bits per heavy atom. The average molecular weight is 324 g/mol. The second kappa shape index (κ2) is 8.29. The minimum Gasteiger partial charge on any atom is -0.352 e. The van der Waals surface area contributed by atoms with Gasteiger partial charge in [-0.3, -0.25) is 9.59 Å². The Morgan fingerprint density at radius 3 is 2.25 bits per heavy atom. The van der Waals surface area contributed by atoms with Crippen LogP contribution in [0.25, 0.3) is 0 Å². The second-order valence-corrected chi connectivity index (χ2v) is 6.20. The highest BCUT2D eigenvalue weighted by molar-refractivity contribution is 6.03. The number of aryl methyl sites for hydroxylation is 1. The molecule has 0 saturated heterocycles. The maximum Gasteiger partial charge on any atom is 0.233 e. The monoisotopic (exact) mass is 324 g/mol. The maximum atomic E-state index is 11.9. The van der Waals surface area contributed by atoms with Gasteiger partial charge in [-0.25, -0.2) is 0 Å². The fourth-order valence-corrected chi connectivity index (χ4v) is 2.37. The Hall–Kier alpha value is -2.62. The zero-order valence-corrected chi connectivity index (χ0v) is 14.4. The number of hydrogen-bond acceptors (Lipinski definition) is 2. The lowest BCUT2D eigenvalue weighted by Crippen LogP contribution is -2.28. The van der Waals surface area contributed by atoms with E-state index in [0.29, 0.717) is 18.2 Å². The van der Waals surface area contributed by atoms with E-state index >= 15 is 0 Å². The van der Waals surface area contributed by atoms with Crippen molar-refractivity contribution in [2.75, 3.05) is 5.32 Å². The van der Waals surface area contributed by atoms with E-state index in [1.165, 1.54) is 5.56 Å². The fourth-order valence-electron chi connectivity index (χ4n) is 2.37. The number of rotatable bonds is 6. The van der Waals surface area contributed by atoms with Crippen LogP contribution in [0.3, 0.4) is 0 Å². The Morgan fingerprint density at radius 2 is 1.62 bits per heavy atom. The second-order valence-electron chi connectivity index (χ2n) is 6.20. The third-order valence-corrected chi connectivity index (χ3v) is 3.92. The summed E-state index contributed by atoms with van der Waals surface area (Å²) in [7, 11) is 0. The van der Waals surface area contributed by atoms with Crippen molar-refractivity contribution in [1.82, 2.24) is 5.32 Å². The Labute approximate surface area is 143 Å². The number of carbonyl (C=O) groups excluding carboxylic acids is 2. The third-order valence-electron chi connectivity index (χ3n) is 3.92. The largest absolute Gasteiger partial charge is 0.352 e. The van der Waals surface area contributed by atoms with Gasteiger partial charge >= 0.3 is 0 Å². The van der Waals surface area contributed by atoms with E-state index < -0.39 is 0 Å². The molecule has 0 aromatic heterocycles. The Balaban J connectivity index is 1.81. The summed E-state index contributed by atoms with van der Waals surface area (Å²) < 4.78 is 0. The summed E-state index contributed by atoms with van der Waals surface area (Å²) in [4.78, 5) is 23.8. The molecular weight excluding hydrogens is 300 g/mol. The molecule has 2 aromatic carbocycles. The maximum absolute atomic E-state index is 11.9. The Bertz CT molecular complexity index is 706. The van der Waals surface area contributed by atoms with Gasteiger partial charge in [0.25, 0.3) is 0 Å². The SMILES string of the molecule is Cc1ccccc1CNC(=O)CC(=O)Nc1ccc(C(C)C)cc1. The van der Waals surface area contributed by atoms with Crippen molar-refractivity contribution >= 4 is 17.5 Å². The van der Waals surface area contributed by atoms with Crippen LogP contribution in [-0.2, 0) is 16.1 Å². The van der Waals surface area contributed by atoms with Gasteiger partial charge in [0.05, 0.1) is 0 Å². The van der Waals surface area contributed by atoms with E-state index in [1.54, 1.807) is 0 Å². The van der Waals surface area contributed by atoms with Crippen LogP contribution in [0.5, 0.6) is 0 Å². The summed E-state index contributed by atoms with van der Waals surface area (Å²) in [5.74, 6) is -0.147. The summed E-state index contributed by atoms with van der Waals surface area (Å²) in [5.41, 5.74) is 4.09. The van der Waals surface area contributed by atoms with Gasteiger partial charge in [-0.2, -0.15) is 0 Å². The minimum absolute atomic E-state index is 0.183. The summed E-state index contributed by atoms with van der Waals surface area (Å²) in [5, 5.41) is 5.53. The van der Waals surface area contributed by atoms with E-state index in [-0.39, 0.29) is 18.2 Å². The van der Waals surface area contributed by atoms with Crippen LogP contribution in [-0.4, -0.2) is 11.8 Å². The zero-order valence-electron chi connectivity index (χ0n) is 14.4. The molecule has 0 heterocycles.